The van der Waals surface area contributed by atoms with E-state index in [2.05, 4.69) is 25.3 Å². The fourth-order valence-corrected chi connectivity index (χ4v) is 3.29. The zero-order valence-electron chi connectivity index (χ0n) is 16.9. The van der Waals surface area contributed by atoms with Crippen LogP contribution in [0.15, 0.2) is 42.7 Å². The van der Waals surface area contributed by atoms with Gasteiger partial charge in [-0.15, -0.1) is 0 Å². The largest absolute Gasteiger partial charge is 0.493 e. The van der Waals surface area contributed by atoms with E-state index in [1.54, 1.807) is 31.4 Å². The molecule has 2 N–H and O–H groups in total. The summed E-state index contributed by atoms with van der Waals surface area (Å²) in [6.07, 6.45) is 2.73. The number of anilines is 1. The van der Waals surface area contributed by atoms with Crippen LogP contribution in [0.3, 0.4) is 0 Å². The summed E-state index contributed by atoms with van der Waals surface area (Å²) in [4.78, 5) is 28.7. The smallest absolute Gasteiger partial charge is 0.259 e. The molecule has 0 aliphatic carbocycles. The Morgan fingerprint density at radius 1 is 1.00 bits per heavy atom. The maximum Gasteiger partial charge on any atom is 0.259 e. The van der Waals surface area contributed by atoms with Crippen molar-refractivity contribution in [3.63, 3.8) is 0 Å². The minimum Gasteiger partial charge on any atom is -0.493 e. The maximum atomic E-state index is 12.8. The molecule has 2 aromatic heterocycles. The third-order valence-electron chi connectivity index (χ3n) is 4.58. The Kier molecular flexibility index (Phi) is 5.59. The van der Waals surface area contributed by atoms with E-state index >= 15 is 0 Å². The molecular formula is C21H18ClN5O4. The fraction of sp³-hybridized carbons (Fsp3) is 0.143. The first-order chi connectivity index (χ1) is 15.0. The van der Waals surface area contributed by atoms with E-state index < -0.39 is 0 Å². The summed E-state index contributed by atoms with van der Waals surface area (Å²) in [7, 11) is 4.62. The van der Waals surface area contributed by atoms with Gasteiger partial charge in [0.2, 0.25) is 5.75 Å². The average Bonchev–Trinajstić information content (AvgIpc) is 3.23. The van der Waals surface area contributed by atoms with Crippen LogP contribution in [-0.4, -0.2) is 47.2 Å². The molecule has 31 heavy (non-hydrogen) atoms. The Balaban J connectivity index is 1.76. The van der Waals surface area contributed by atoms with Crippen LogP contribution >= 0.6 is 11.6 Å². The van der Waals surface area contributed by atoms with Crippen molar-refractivity contribution < 1.29 is 19.0 Å². The lowest BCUT2D eigenvalue weighted by molar-refractivity contribution is 0.102. The molecule has 0 spiro atoms. The first-order valence-electron chi connectivity index (χ1n) is 9.12. The number of benzene rings is 2. The number of amides is 1. The molecule has 0 saturated heterocycles. The highest BCUT2D eigenvalue weighted by atomic mass is 35.5. The number of methoxy groups -OCH3 is 3. The molecule has 4 aromatic rings. The molecule has 0 fully saturated rings. The van der Waals surface area contributed by atoms with Gasteiger partial charge in [0.25, 0.3) is 5.91 Å². The van der Waals surface area contributed by atoms with Gasteiger partial charge in [-0.25, -0.2) is 15.0 Å². The second kappa shape index (κ2) is 8.49. The molecule has 0 unspecified atom stereocenters. The number of ether oxygens (including phenoxy) is 3. The summed E-state index contributed by atoms with van der Waals surface area (Å²) in [5.74, 6) is 1.86. The highest BCUT2D eigenvalue weighted by Gasteiger charge is 2.21. The summed E-state index contributed by atoms with van der Waals surface area (Å²) in [6, 6.07) is 8.84. The van der Waals surface area contributed by atoms with Gasteiger partial charge in [-0.1, -0.05) is 17.7 Å². The first kappa shape index (κ1) is 20.4. The fourth-order valence-electron chi connectivity index (χ4n) is 3.19. The zero-order valence-corrected chi connectivity index (χ0v) is 17.6. The van der Waals surface area contributed by atoms with Gasteiger partial charge in [0.1, 0.15) is 16.5 Å². The standard InChI is InChI=1S/C21H18ClN5O4/c1-29-14-8-7-12(18(30-2)19(14)31-3)20-25-13-6-4-5-11(17(13)27-20)21(28)26-16-10-23-15(22)9-24-16/h4-10H,1-3H3,(H,25,27)(H,24,26,28). The van der Waals surface area contributed by atoms with Crippen molar-refractivity contribution in [2.75, 3.05) is 26.6 Å². The van der Waals surface area contributed by atoms with Crippen LogP contribution in [-0.2, 0) is 0 Å². The first-order valence-corrected chi connectivity index (χ1v) is 9.50. The highest BCUT2D eigenvalue weighted by Crippen LogP contribution is 2.43. The molecule has 0 bridgehead atoms. The van der Waals surface area contributed by atoms with Crippen molar-refractivity contribution in [3.8, 4) is 28.6 Å². The number of carbonyl (C=O) groups is 1. The van der Waals surface area contributed by atoms with E-state index in [0.717, 1.165) is 0 Å². The number of para-hydroxylation sites is 1. The number of hydrogen-bond acceptors (Lipinski definition) is 7. The van der Waals surface area contributed by atoms with Crippen LogP contribution in [0, 0.1) is 0 Å². The number of nitrogens with one attached hydrogen (secondary N) is 2. The van der Waals surface area contributed by atoms with Crippen molar-refractivity contribution in [2.24, 2.45) is 0 Å². The summed E-state index contributed by atoms with van der Waals surface area (Å²) >= 11 is 5.74. The summed E-state index contributed by atoms with van der Waals surface area (Å²) in [5, 5.41) is 2.93. The van der Waals surface area contributed by atoms with Gasteiger partial charge in [-0.3, -0.25) is 4.79 Å². The third kappa shape index (κ3) is 3.82. The Hall–Kier alpha value is -3.85. The molecule has 2 heterocycles. The number of H-pyrrole nitrogens is 1. The van der Waals surface area contributed by atoms with E-state index in [1.165, 1.54) is 26.6 Å². The minimum absolute atomic E-state index is 0.237. The van der Waals surface area contributed by atoms with E-state index in [0.29, 0.717) is 45.2 Å². The number of aromatic amines is 1. The van der Waals surface area contributed by atoms with Crippen LogP contribution < -0.4 is 19.5 Å². The molecule has 2 aromatic carbocycles. The Bertz CT molecular complexity index is 1260. The van der Waals surface area contributed by atoms with Crippen molar-refractivity contribution in [2.45, 2.75) is 0 Å². The molecule has 0 aliphatic heterocycles. The molecule has 10 heteroatoms. The summed E-state index contributed by atoms with van der Waals surface area (Å²) in [6.45, 7) is 0. The van der Waals surface area contributed by atoms with E-state index in [-0.39, 0.29) is 16.9 Å². The second-order valence-electron chi connectivity index (χ2n) is 6.35. The number of fused-ring (bicyclic) bond motifs is 1. The summed E-state index contributed by atoms with van der Waals surface area (Å²) < 4.78 is 16.3. The number of hydrogen-bond donors (Lipinski definition) is 2. The average molecular weight is 440 g/mol. The molecule has 0 atom stereocenters. The normalized spacial score (nSPS) is 10.7. The van der Waals surface area contributed by atoms with Crippen molar-refractivity contribution in [1.82, 2.24) is 19.9 Å². The molecule has 158 valence electrons. The lowest BCUT2D eigenvalue weighted by Crippen LogP contribution is -2.13. The van der Waals surface area contributed by atoms with E-state index in [1.807, 2.05) is 6.07 Å². The van der Waals surface area contributed by atoms with Crippen LogP contribution in [0.2, 0.25) is 5.15 Å². The van der Waals surface area contributed by atoms with Gasteiger partial charge in [-0.05, 0) is 24.3 Å². The van der Waals surface area contributed by atoms with Gasteiger partial charge < -0.3 is 24.5 Å². The van der Waals surface area contributed by atoms with Gasteiger partial charge in [0.05, 0.1) is 50.4 Å². The quantitative estimate of drug-likeness (QED) is 0.467. The predicted molar refractivity (Wildman–Crippen MR) is 116 cm³/mol. The van der Waals surface area contributed by atoms with Crippen molar-refractivity contribution in [1.29, 1.82) is 0 Å². The molecule has 9 nitrogen and oxygen atoms in total. The van der Waals surface area contributed by atoms with Crippen molar-refractivity contribution >= 4 is 34.4 Å². The molecule has 0 saturated carbocycles. The Morgan fingerprint density at radius 3 is 2.48 bits per heavy atom. The number of nitrogens with zero attached hydrogens (tertiary/aromatic N) is 3. The van der Waals surface area contributed by atoms with Gasteiger partial charge >= 0.3 is 0 Å². The van der Waals surface area contributed by atoms with Gasteiger partial charge in [0.15, 0.2) is 17.3 Å². The molecule has 4 rings (SSSR count). The minimum atomic E-state index is -0.375. The number of carbonyl (C=O) groups excluding carboxylic acids is 1. The maximum absolute atomic E-state index is 12.8. The summed E-state index contributed by atoms with van der Waals surface area (Å²) in [5.41, 5.74) is 2.21. The predicted octanol–water partition coefficient (Wildman–Crippen LogP) is 3.95. The van der Waals surface area contributed by atoms with Crippen molar-refractivity contribution in [3.05, 3.63) is 53.4 Å². The number of rotatable bonds is 6. The number of imidazole rings is 1. The van der Waals surface area contributed by atoms with E-state index in [9.17, 15) is 4.79 Å². The SMILES string of the molecule is COc1ccc(-c2nc3c(C(=O)Nc4cnc(Cl)cn4)cccc3[nH]2)c(OC)c1OC. The van der Waals surface area contributed by atoms with Gasteiger partial charge in [0, 0.05) is 0 Å². The molecular weight excluding hydrogens is 422 g/mol. The van der Waals surface area contributed by atoms with Crippen LogP contribution in [0.4, 0.5) is 5.82 Å². The second-order valence-corrected chi connectivity index (χ2v) is 6.73. The number of aromatic nitrogens is 4. The third-order valence-corrected chi connectivity index (χ3v) is 4.77. The van der Waals surface area contributed by atoms with Crippen LogP contribution in [0.5, 0.6) is 17.2 Å². The lowest BCUT2D eigenvalue weighted by atomic mass is 10.1. The zero-order chi connectivity index (χ0) is 22.0. The molecule has 1 amide bonds. The molecule has 0 radical (unpaired) electrons. The molecule has 0 aliphatic rings. The monoisotopic (exact) mass is 439 g/mol. The van der Waals surface area contributed by atoms with Gasteiger partial charge in [-0.2, -0.15) is 0 Å². The van der Waals surface area contributed by atoms with E-state index in [4.69, 9.17) is 25.8 Å². The van der Waals surface area contributed by atoms with Crippen LogP contribution in [0.1, 0.15) is 10.4 Å². The van der Waals surface area contributed by atoms with Crippen LogP contribution in [0.25, 0.3) is 22.4 Å². The highest BCUT2D eigenvalue weighted by molar-refractivity contribution is 6.29. The number of halogens is 1. The Labute approximate surface area is 182 Å². The Morgan fingerprint density at radius 2 is 1.81 bits per heavy atom. The lowest BCUT2D eigenvalue weighted by Gasteiger charge is -2.14. The topological polar surface area (TPSA) is 111 Å².